The second-order valence-corrected chi connectivity index (χ2v) is 10.5. The van der Waals surface area contributed by atoms with E-state index in [1.807, 2.05) is 30.3 Å². The maximum Gasteiger partial charge on any atom is 0.251 e. The summed E-state index contributed by atoms with van der Waals surface area (Å²) in [4.78, 5) is 45.5. The minimum atomic E-state index is -0.715. The summed E-state index contributed by atoms with van der Waals surface area (Å²) in [7, 11) is 0. The molecular formula is C27H30ClN3O4. The zero-order valence-electron chi connectivity index (χ0n) is 19.7. The van der Waals surface area contributed by atoms with Crippen LogP contribution in [0, 0.1) is 11.8 Å². The molecule has 8 heteroatoms. The molecule has 2 saturated heterocycles. The molecule has 35 heavy (non-hydrogen) atoms. The number of rotatable bonds is 5. The molecule has 3 fully saturated rings. The molecule has 1 N–H and O–H groups in total. The third-order valence-electron chi connectivity index (χ3n) is 7.61. The van der Waals surface area contributed by atoms with Crippen molar-refractivity contribution in [3.8, 4) is 11.1 Å². The fourth-order valence-electron chi connectivity index (χ4n) is 5.60. The number of halogens is 1. The SMILES string of the molecule is C[C@H]1CC[C@H]([C@H](NC(=O)c2cccc(-c3cccnc3)c2)C(=O)N2C[C@H](Cl)[C@H]3OCC(=O)[C@H]32)CC1. The smallest absolute Gasteiger partial charge is 0.251 e. The fraction of sp³-hybridized carbons (Fsp3) is 0.481. The van der Waals surface area contributed by atoms with Crippen LogP contribution in [-0.2, 0) is 14.3 Å². The van der Waals surface area contributed by atoms with Gasteiger partial charge in [0.2, 0.25) is 5.91 Å². The molecule has 1 saturated carbocycles. The number of carbonyl (C=O) groups excluding carboxylic acids is 3. The lowest BCUT2D eigenvalue weighted by atomic mass is 9.78. The number of likely N-dealkylation sites (tertiary alicyclic amines) is 1. The van der Waals surface area contributed by atoms with Crippen molar-refractivity contribution >= 4 is 29.2 Å². The highest BCUT2D eigenvalue weighted by Crippen LogP contribution is 2.35. The number of nitrogens with one attached hydrogen (secondary N) is 1. The van der Waals surface area contributed by atoms with Crippen LogP contribution in [-0.4, -0.2) is 64.2 Å². The molecule has 0 spiro atoms. The Labute approximate surface area is 210 Å². The van der Waals surface area contributed by atoms with Crippen LogP contribution in [0.25, 0.3) is 11.1 Å². The maximum absolute atomic E-state index is 13.9. The largest absolute Gasteiger partial charge is 0.366 e. The van der Waals surface area contributed by atoms with Crippen molar-refractivity contribution in [1.29, 1.82) is 0 Å². The first-order valence-electron chi connectivity index (χ1n) is 12.3. The van der Waals surface area contributed by atoms with Gasteiger partial charge in [-0.3, -0.25) is 19.4 Å². The van der Waals surface area contributed by atoms with Gasteiger partial charge in [0.15, 0.2) is 5.78 Å². The number of alkyl halides is 1. The summed E-state index contributed by atoms with van der Waals surface area (Å²) < 4.78 is 5.56. The van der Waals surface area contributed by atoms with Crippen LogP contribution >= 0.6 is 11.6 Å². The van der Waals surface area contributed by atoms with Gasteiger partial charge in [0, 0.05) is 30.1 Å². The highest BCUT2D eigenvalue weighted by Gasteiger charge is 2.53. The topological polar surface area (TPSA) is 88.6 Å². The lowest BCUT2D eigenvalue weighted by molar-refractivity contribution is -0.139. The van der Waals surface area contributed by atoms with Crippen LogP contribution in [0.3, 0.4) is 0 Å². The van der Waals surface area contributed by atoms with E-state index in [1.165, 1.54) is 0 Å². The first-order chi connectivity index (χ1) is 16.9. The number of ketones is 1. The van der Waals surface area contributed by atoms with Gasteiger partial charge in [0.1, 0.15) is 24.8 Å². The maximum atomic E-state index is 13.9. The average Bonchev–Trinajstić information content (AvgIpc) is 3.43. The van der Waals surface area contributed by atoms with E-state index in [4.69, 9.17) is 16.3 Å². The monoisotopic (exact) mass is 495 g/mol. The van der Waals surface area contributed by atoms with Gasteiger partial charge in [-0.25, -0.2) is 0 Å². The van der Waals surface area contributed by atoms with Crippen molar-refractivity contribution in [2.75, 3.05) is 13.2 Å². The van der Waals surface area contributed by atoms with Crippen LogP contribution in [0.2, 0.25) is 0 Å². The number of pyridine rings is 1. The summed E-state index contributed by atoms with van der Waals surface area (Å²) in [6.07, 6.45) is 6.69. The van der Waals surface area contributed by atoms with Crippen molar-refractivity contribution in [2.45, 2.75) is 56.2 Å². The van der Waals surface area contributed by atoms with E-state index in [-0.39, 0.29) is 36.7 Å². The second-order valence-electron chi connectivity index (χ2n) is 9.99. The van der Waals surface area contributed by atoms with Crippen LogP contribution in [0.5, 0.6) is 0 Å². The molecule has 0 unspecified atom stereocenters. The van der Waals surface area contributed by atoms with Crippen molar-refractivity contribution in [3.05, 3.63) is 54.4 Å². The molecule has 3 heterocycles. The molecule has 0 bridgehead atoms. The summed E-state index contributed by atoms with van der Waals surface area (Å²) >= 11 is 6.44. The molecule has 2 aromatic rings. The summed E-state index contributed by atoms with van der Waals surface area (Å²) in [5.74, 6) is -0.0623. The van der Waals surface area contributed by atoms with Crippen LogP contribution in [0.15, 0.2) is 48.8 Å². The Balaban J connectivity index is 1.39. The zero-order chi connectivity index (χ0) is 24.5. The number of benzene rings is 1. The van der Waals surface area contributed by atoms with Crippen molar-refractivity contribution in [3.63, 3.8) is 0 Å². The Morgan fingerprint density at radius 3 is 2.66 bits per heavy atom. The van der Waals surface area contributed by atoms with Crippen molar-refractivity contribution in [2.24, 2.45) is 11.8 Å². The number of fused-ring (bicyclic) bond motifs is 1. The van der Waals surface area contributed by atoms with Gasteiger partial charge < -0.3 is 15.0 Å². The Bertz CT molecular complexity index is 1100. The lowest BCUT2D eigenvalue weighted by Crippen LogP contribution is -2.55. The Morgan fingerprint density at radius 1 is 1.14 bits per heavy atom. The standard InChI is InChI=1S/C27H30ClN3O4/c1-16-7-9-17(10-8-16)23(27(34)31-14-21(28)25-24(31)22(32)15-35-25)30-26(33)19-5-2-4-18(12-19)20-6-3-11-29-13-20/h2-6,11-13,16-17,21,23-25H,7-10,14-15H2,1H3,(H,30,33)/t16-,17-,21-,23-,24+,25+/m0/s1. The number of Topliss-reactive ketones (excluding diaryl/α,β-unsaturated/α-hetero) is 1. The van der Waals surface area contributed by atoms with Crippen LogP contribution < -0.4 is 5.32 Å². The van der Waals surface area contributed by atoms with Crippen LogP contribution in [0.1, 0.15) is 43.0 Å². The van der Waals surface area contributed by atoms with Crippen LogP contribution in [0.4, 0.5) is 0 Å². The first kappa shape index (κ1) is 23.9. The summed E-state index contributed by atoms with van der Waals surface area (Å²) in [6, 6.07) is 9.72. The van der Waals surface area contributed by atoms with Gasteiger partial charge in [0.05, 0.1) is 5.38 Å². The molecule has 7 nitrogen and oxygen atoms in total. The predicted octanol–water partition coefficient (Wildman–Crippen LogP) is 3.46. The Morgan fingerprint density at radius 2 is 1.91 bits per heavy atom. The predicted molar refractivity (Wildman–Crippen MR) is 132 cm³/mol. The number of amides is 2. The van der Waals surface area contributed by atoms with Gasteiger partial charge in [-0.05, 0) is 48.4 Å². The number of carbonyl (C=O) groups is 3. The molecule has 2 aliphatic heterocycles. The van der Waals surface area contributed by atoms with Gasteiger partial charge in [0.25, 0.3) is 5.91 Å². The number of hydrogen-bond acceptors (Lipinski definition) is 5. The van der Waals surface area contributed by atoms with Gasteiger partial charge in [-0.2, -0.15) is 0 Å². The van der Waals surface area contributed by atoms with E-state index >= 15 is 0 Å². The quantitative estimate of drug-likeness (QED) is 0.642. The lowest BCUT2D eigenvalue weighted by Gasteiger charge is -2.35. The van der Waals surface area contributed by atoms with E-state index in [1.54, 1.807) is 23.4 Å². The summed E-state index contributed by atoms with van der Waals surface area (Å²) in [6.45, 7) is 2.43. The van der Waals surface area contributed by atoms with Gasteiger partial charge in [-0.15, -0.1) is 11.6 Å². The highest BCUT2D eigenvalue weighted by molar-refractivity contribution is 6.22. The molecule has 1 aliphatic carbocycles. The Kier molecular flexibility index (Phi) is 6.89. The molecule has 2 amide bonds. The number of hydrogen-bond donors (Lipinski definition) is 1. The zero-order valence-corrected chi connectivity index (χ0v) is 20.5. The van der Waals surface area contributed by atoms with E-state index in [0.29, 0.717) is 11.5 Å². The average molecular weight is 496 g/mol. The molecule has 1 aromatic heterocycles. The minimum absolute atomic E-state index is 0.00871. The van der Waals surface area contributed by atoms with E-state index in [2.05, 4.69) is 17.2 Å². The van der Waals surface area contributed by atoms with E-state index < -0.39 is 23.6 Å². The Hall–Kier alpha value is -2.77. The normalized spacial score (nSPS) is 29.0. The molecular weight excluding hydrogens is 466 g/mol. The second kappa shape index (κ2) is 10.1. The number of nitrogens with zero attached hydrogens (tertiary/aromatic N) is 2. The third-order valence-corrected chi connectivity index (χ3v) is 8.00. The summed E-state index contributed by atoms with van der Waals surface area (Å²) in [5, 5.41) is 2.61. The van der Waals surface area contributed by atoms with Gasteiger partial charge in [-0.1, -0.05) is 38.0 Å². The third kappa shape index (κ3) is 4.84. The first-order valence-corrected chi connectivity index (χ1v) is 12.8. The van der Waals surface area contributed by atoms with Crippen molar-refractivity contribution in [1.82, 2.24) is 15.2 Å². The van der Waals surface area contributed by atoms with Crippen molar-refractivity contribution < 1.29 is 19.1 Å². The minimum Gasteiger partial charge on any atom is -0.366 e. The van der Waals surface area contributed by atoms with Gasteiger partial charge >= 0.3 is 0 Å². The molecule has 4 atom stereocenters. The summed E-state index contributed by atoms with van der Waals surface area (Å²) in [5.41, 5.74) is 2.26. The molecule has 1 aromatic carbocycles. The number of aromatic nitrogens is 1. The molecule has 3 aliphatic rings. The number of ether oxygens (including phenoxy) is 1. The molecule has 184 valence electrons. The fourth-order valence-corrected chi connectivity index (χ4v) is 5.96. The van der Waals surface area contributed by atoms with E-state index in [0.717, 1.165) is 36.8 Å². The molecule has 5 rings (SSSR count). The van der Waals surface area contributed by atoms with E-state index in [9.17, 15) is 14.4 Å². The highest BCUT2D eigenvalue weighted by atomic mass is 35.5. The molecule has 0 radical (unpaired) electrons.